The molecule has 0 bridgehead atoms. The van der Waals surface area contributed by atoms with Crippen LogP contribution in [0.5, 0.6) is 5.75 Å². The van der Waals surface area contributed by atoms with Gasteiger partial charge in [-0.15, -0.1) is 11.3 Å². The van der Waals surface area contributed by atoms with Crippen LogP contribution in [-0.2, 0) is 16.1 Å². The second-order valence-electron chi connectivity index (χ2n) is 6.61. The van der Waals surface area contributed by atoms with Crippen molar-refractivity contribution in [2.75, 3.05) is 7.11 Å². The van der Waals surface area contributed by atoms with Gasteiger partial charge in [0.2, 0.25) is 0 Å². The molecular weight excluding hydrogens is 370 g/mol. The summed E-state index contributed by atoms with van der Waals surface area (Å²) in [5.41, 5.74) is 3.88. The van der Waals surface area contributed by atoms with Crippen LogP contribution in [0.2, 0.25) is 0 Å². The van der Waals surface area contributed by atoms with E-state index >= 15 is 0 Å². The fraction of sp³-hybridized carbons (Fsp3) is 0.217. The summed E-state index contributed by atoms with van der Waals surface area (Å²) in [6, 6.07) is 15.9. The van der Waals surface area contributed by atoms with Gasteiger partial charge >= 0.3 is 5.97 Å². The van der Waals surface area contributed by atoms with Crippen molar-refractivity contribution in [1.82, 2.24) is 4.98 Å². The highest BCUT2D eigenvalue weighted by Crippen LogP contribution is 2.31. The molecule has 144 valence electrons. The zero-order chi connectivity index (χ0) is 19.9. The van der Waals surface area contributed by atoms with Crippen molar-refractivity contribution in [2.45, 2.75) is 26.4 Å². The number of thiazole rings is 1. The maximum atomic E-state index is 12.0. The SMILES string of the molecule is COc1ccccc1-c1nc(COC(=O)/C=C/c2ccc(C(C)C)cc2)cs1. The second-order valence-corrected chi connectivity index (χ2v) is 7.46. The first-order valence-corrected chi connectivity index (χ1v) is 9.97. The van der Waals surface area contributed by atoms with Gasteiger partial charge in [-0.3, -0.25) is 0 Å². The predicted molar refractivity (Wildman–Crippen MR) is 113 cm³/mol. The number of carbonyl (C=O) groups is 1. The first kappa shape index (κ1) is 19.8. The summed E-state index contributed by atoms with van der Waals surface area (Å²) >= 11 is 1.50. The highest BCUT2D eigenvalue weighted by atomic mass is 32.1. The van der Waals surface area contributed by atoms with E-state index in [4.69, 9.17) is 9.47 Å². The van der Waals surface area contributed by atoms with Crippen LogP contribution in [0.15, 0.2) is 60.0 Å². The van der Waals surface area contributed by atoms with Gasteiger partial charge in [-0.05, 0) is 35.3 Å². The van der Waals surface area contributed by atoms with Gasteiger partial charge in [0, 0.05) is 11.5 Å². The Morgan fingerprint density at radius 2 is 1.89 bits per heavy atom. The maximum Gasteiger partial charge on any atom is 0.331 e. The third-order valence-electron chi connectivity index (χ3n) is 4.27. The van der Waals surface area contributed by atoms with Crippen molar-refractivity contribution in [3.63, 3.8) is 0 Å². The molecule has 0 aliphatic rings. The van der Waals surface area contributed by atoms with E-state index in [1.807, 2.05) is 41.8 Å². The third-order valence-corrected chi connectivity index (χ3v) is 5.19. The van der Waals surface area contributed by atoms with Gasteiger partial charge in [0.25, 0.3) is 0 Å². The van der Waals surface area contributed by atoms with E-state index < -0.39 is 0 Å². The van der Waals surface area contributed by atoms with Gasteiger partial charge in [0.05, 0.1) is 18.4 Å². The number of methoxy groups -OCH3 is 1. The Kier molecular flexibility index (Phi) is 6.61. The molecule has 3 aromatic rings. The molecule has 3 rings (SSSR count). The van der Waals surface area contributed by atoms with Crippen molar-refractivity contribution in [3.05, 3.63) is 76.8 Å². The Hall–Kier alpha value is -2.92. The lowest BCUT2D eigenvalue weighted by atomic mass is 10.0. The molecule has 0 fully saturated rings. The number of para-hydroxylation sites is 1. The molecule has 5 heteroatoms. The molecule has 28 heavy (non-hydrogen) atoms. The molecule has 0 atom stereocenters. The lowest BCUT2D eigenvalue weighted by Gasteiger charge is -2.05. The molecule has 0 unspecified atom stereocenters. The van der Waals surface area contributed by atoms with Crippen LogP contribution < -0.4 is 4.74 Å². The summed E-state index contributed by atoms with van der Waals surface area (Å²) in [5.74, 6) is 0.869. The van der Waals surface area contributed by atoms with Crippen molar-refractivity contribution in [1.29, 1.82) is 0 Å². The van der Waals surface area contributed by atoms with E-state index in [0.29, 0.717) is 11.6 Å². The molecule has 0 aliphatic heterocycles. The molecule has 0 amide bonds. The number of aromatic nitrogens is 1. The first-order valence-electron chi connectivity index (χ1n) is 9.09. The van der Waals surface area contributed by atoms with Gasteiger partial charge < -0.3 is 9.47 Å². The summed E-state index contributed by atoms with van der Waals surface area (Å²) in [4.78, 5) is 16.5. The lowest BCUT2D eigenvalue weighted by molar-refractivity contribution is -0.139. The van der Waals surface area contributed by atoms with Gasteiger partial charge in [-0.2, -0.15) is 0 Å². The standard InChI is InChI=1S/C23H23NO3S/c1-16(2)18-11-8-17(9-12-18)10-13-22(25)27-14-19-15-28-23(24-19)20-6-4-5-7-21(20)26-3/h4-13,15-16H,14H2,1-3H3/b13-10+. The summed E-state index contributed by atoms with van der Waals surface area (Å²) in [6.07, 6.45) is 3.20. The number of carbonyl (C=O) groups excluding carboxylic acids is 1. The number of nitrogens with zero attached hydrogens (tertiary/aromatic N) is 1. The fourth-order valence-electron chi connectivity index (χ4n) is 2.67. The predicted octanol–water partition coefficient (Wildman–Crippen LogP) is 5.70. The highest BCUT2D eigenvalue weighted by Gasteiger charge is 2.10. The Morgan fingerprint density at radius 1 is 1.14 bits per heavy atom. The quantitative estimate of drug-likeness (QED) is 0.382. The second kappa shape index (κ2) is 9.33. The monoisotopic (exact) mass is 393 g/mol. The molecule has 0 aliphatic carbocycles. The number of ether oxygens (including phenoxy) is 2. The number of rotatable bonds is 7. The Morgan fingerprint density at radius 3 is 2.61 bits per heavy atom. The molecule has 0 spiro atoms. The minimum atomic E-state index is -0.389. The molecule has 0 saturated carbocycles. The number of benzene rings is 2. The van der Waals surface area contributed by atoms with Gasteiger partial charge in [0.15, 0.2) is 0 Å². The van der Waals surface area contributed by atoms with Crippen molar-refractivity contribution in [2.24, 2.45) is 0 Å². The van der Waals surface area contributed by atoms with E-state index in [0.717, 1.165) is 21.9 Å². The summed E-state index contributed by atoms with van der Waals surface area (Å²) in [6.45, 7) is 4.45. The molecule has 1 aromatic heterocycles. The van der Waals surface area contributed by atoms with Gasteiger partial charge in [-0.25, -0.2) is 9.78 Å². The van der Waals surface area contributed by atoms with E-state index in [9.17, 15) is 4.79 Å². The Balaban J connectivity index is 1.57. The average molecular weight is 394 g/mol. The molecule has 0 saturated heterocycles. The molecule has 1 heterocycles. The smallest absolute Gasteiger partial charge is 0.331 e. The van der Waals surface area contributed by atoms with Crippen LogP contribution in [-0.4, -0.2) is 18.1 Å². The van der Waals surface area contributed by atoms with E-state index in [1.165, 1.54) is 23.0 Å². The van der Waals surface area contributed by atoms with Crippen LogP contribution >= 0.6 is 11.3 Å². The van der Waals surface area contributed by atoms with Gasteiger partial charge in [-0.1, -0.05) is 50.2 Å². The largest absolute Gasteiger partial charge is 0.496 e. The van der Waals surface area contributed by atoms with Gasteiger partial charge in [0.1, 0.15) is 17.4 Å². The summed E-state index contributed by atoms with van der Waals surface area (Å²) in [5, 5.41) is 2.73. The van der Waals surface area contributed by atoms with E-state index in [-0.39, 0.29) is 12.6 Å². The summed E-state index contributed by atoms with van der Waals surface area (Å²) in [7, 11) is 1.64. The summed E-state index contributed by atoms with van der Waals surface area (Å²) < 4.78 is 10.7. The van der Waals surface area contributed by atoms with E-state index in [2.05, 4.69) is 31.0 Å². The first-order chi connectivity index (χ1) is 13.6. The zero-order valence-corrected chi connectivity index (χ0v) is 17.0. The molecule has 0 radical (unpaired) electrons. The minimum Gasteiger partial charge on any atom is -0.496 e. The number of hydrogen-bond acceptors (Lipinski definition) is 5. The molecule has 2 aromatic carbocycles. The Bertz CT molecular complexity index is 958. The normalized spacial score (nSPS) is 11.1. The van der Waals surface area contributed by atoms with Crippen LogP contribution in [0.1, 0.15) is 36.6 Å². The van der Waals surface area contributed by atoms with Crippen molar-refractivity contribution in [3.8, 4) is 16.3 Å². The Labute approximate surface area is 169 Å². The maximum absolute atomic E-state index is 12.0. The van der Waals surface area contributed by atoms with Crippen LogP contribution in [0.25, 0.3) is 16.6 Å². The third kappa shape index (κ3) is 5.08. The van der Waals surface area contributed by atoms with E-state index in [1.54, 1.807) is 13.2 Å². The van der Waals surface area contributed by atoms with Crippen molar-refractivity contribution >= 4 is 23.4 Å². The minimum absolute atomic E-state index is 0.140. The number of esters is 1. The average Bonchev–Trinajstić information content (AvgIpc) is 3.20. The lowest BCUT2D eigenvalue weighted by Crippen LogP contribution is -2.01. The van der Waals surface area contributed by atoms with Crippen molar-refractivity contribution < 1.29 is 14.3 Å². The fourth-order valence-corrected chi connectivity index (χ4v) is 3.50. The molecular formula is C23H23NO3S. The van der Waals surface area contributed by atoms with Crippen LogP contribution in [0, 0.1) is 0 Å². The highest BCUT2D eigenvalue weighted by molar-refractivity contribution is 7.13. The zero-order valence-electron chi connectivity index (χ0n) is 16.2. The molecule has 4 nitrogen and oxygen atoms in total. The van der Waals surface area contributed by atoms with Crippen LogP contribution in [0.3, 0.4) is 0 Å². The molecule has 0 N–H and O–H groups in total. The topological polar surface area (TPSA) is 48.4 Å². The van der Waals surface area contributed by atoms with Crippen LogP contribution in [0.4, 0.5) is 0 Å². The number of hydrogen-bond donors (Lipinski definition) is 0.